The molecule has 4 rings (SSSR count). The summed E-state index contributed by atoms with van der Waals surface area (Å²) in [5.41, 5.74) is 5.24. The fourth-order valence-electron chi connectivity index (χ4n) is 3.34. The lowest BCUT2D eigenvalue weighted by atomic mass is 10.0. The summed E-state index contributed by atoms with van der Waals surface area (Å²) in [7, 11) is 0. The Morgan fingerprint density at radius 1 is 1.11 bits per heavy atom. The lowest BCUT2D eigenvalue weighted by Gasteiger charge is -2.14. The molecular weight excluding hydrogens is 350 g/mol. The van der Waals surface area contributed by atoms with Crippen molar-refractivity contribution in [1.29, 1.82) is 0 Å². The Kier molecular flexibility index (Phi) is 4.81. The van der Waals surface area contributed by atoms with Crippen molar-refractivity contribution in [2.24, 2.45) is 0 Å². The summed E-state index contributed by atoms with van der Waals surface area (Å²) < 4.78 is 5.98. The predicted octanol–water partition coefficient (Wildman–Crippen LogP) is 5.01. The van der Waals surface area contributed by atoms with Crippen LogP contribution in [-0.2, 0) is 6.61 Å². The smallest absolute Gasteiger partial charge is 0.255 e. The molecule has 0 aliphatic heterocycles. The van der Waals surface area contributed by atoms with Crippen molar-refractivity contribution in [2.75, 3.05) is 5.32 Å². The van der Waals surface area contributed by atoms with Gasteiger partial charge in [-0.15, -0.1) is 0 Å². The van der Waals surface area contributed by atoms with E-state index in [-0.39, 0.29) is 5.91 Å². The molecule has 2 aromatic carbocycles. The molecule has 0 unspecified atom stereocenters. The van der Waals surface area contributed by atoms with Crippen molar-refractivity contribution in [1.82, 2.24) is 9.97 Å². The monoisotopic (exact) mass is 371 g/mol. The first-order chi connectivity index (χ1) is 13.6. The van der Waals surface area contributed by atoms with Gasteiger partial charge in [0.2, 0.25) is 0 Å². The molecule has 0 radical (unpaired) electrons. The molecule has 0 fully saturated rings. The van der Waals surface area contributed by atoms with E-state index in [1.165, 1.54) is 0 Å². The molecule has 140 valence electrons. The van der Waals surface area contributed by atoms with Crippen molar-refractivity contribution in [3.8, 4) is 5.75 Å². The lowest BCUT2D eigenvalue weighted by Crippen LogP contribution is -2.13. The van der Waals surface area contributed by atoms with Gasteiger partial charge in [0.05, 0.1) is 5.69 Å². The lowest BCUT2D eigenvalue weighted by molar-refractivity contribution is 0.102. The van der Waals surface area contributed by atoms with Crippen LogP contribution in [0.2, 0.25) is 0 Å². The van der Waals surface area contributed by atoms with Crippen LogP contribution in [0.4, 0.5) is 5.69 Å². The zero-order valence-corrected chi connectivity index (χ0v) is 15.8. The Hall–Kier alpha value is -3.60. The molecule has 0 saturated carbocycles. The minimum atomic E-state index is -0.140. The number of amides is 1. The highest BCUT2D eigenvalue weighted by Gasteiger charge is 2.13. The molecule has 2 heterocycles. The van der Waals surface area contributed by atoms with E-state index in [4.69, 9.17) is 4.74 Å². The van der Waals surface area contributed by atoms with E-state index in [9.17, 15) is 4.79 Å². The molecule has 0 bridgehead atoms. The molecule has 2 aromatic heterocycles. The Balaban J connectivity index is 1.53. The normalized spacial score (nSPS) is 10.8. The van der Waals surface area contributed by atoms with Crippen molar-refractivity contribution < 1.29 is 9.53 Å². The van der Waals surface area contributed by atoms with Gasteiger partial charge in [0, 0.05) is 40.6 Å². The maximum Gasteiger partial charge on any atom is 0.255 e. The third kappa shape index (κ3) is 3.60. The third-order valence-electron chi connectivity index (χ3n) is 4.67. The average molecular weight is 371 g/mol. The first kappa shape index (κ1) is 17.8. The Morgan fingerprint density at radius 3 is 2.68 bits per heavy atom. The summed E-state index contributed by atoms with van der Waals surface area (Å²) in [6, 6.07) is 15.3. The second-order valence-electron chi connectivity index (χ2n) is 6.79. The van der Waals surface area contributed by atoms with Crippen LogP contribution < -0.4 is 10.1 Å². The minimum absolute atomic E-state index is 0.140. The highest BCUT2D eigenvalue weighted by molar-refractivity contribution is 6.09. The van der Waals surface area contributed by atoms with Crippen LogP contribution in [0, 0.1) is 13.8 Å². The molecule has 1 amide bonds. The number of ether oxygens (including phenoxy) is 1. The molecule has 2 N–H and O–H groups in total. The number of aromatic nitrogens is 2. The number of rotatable bonds is 5. The molecule has 0 atom stereocenters. The standard InChI is InChI=1S/C23H21N3O2/c1-15-11-18(12-16(2)22(15)28-14-17-5-4-9-24-13-17)23(27)26-21-7-3-6-20-19(21)8-10-25-20/h3-13,25H,14H2,1-2H3,(H,26,27). The average Bonchev–Trinajstić information content (AvgIpc) is 3.18. The minimum Gasteiger partial charge on any atom is -0.488 e. The van der Waals surface area contributed by atoms with Crippen LogP contribution in [-0.4, -0.2) is 15.9 Å². The van der Waals surface area contributed by atoms with E-state index >= 15 is 0 Å². The molecule has 0 aliphatic rings. The van der Waals surface area contributed by atoms with E-state index in [0.717, 1.165) is 39.0 Å². The largest absolute Gasteiger partial charge is 0.488 e. The summed E-state index contributed by atoms with van der Waals surface area (Å²) in [5.74, 6) is 0.659. The number of aromatic amines is 1. The summed E-state index contributed by atoms with van der Waals surface area (Å²) >= 11 is 0. The quantitative estimate of drug-likeness (QED) is 0.518. The highest BCUT2D eigenvalue weighted by Crippen LogP contribution is 2.27. The van der Waals surface area contributed by atoms with Crippen molar-refractivity contribution >= 4 is 22.5 Å². The molecule has 4 aromatic rings. The summed E-state index contributed by atoms with van der Waals surface area (Å²) in [6.07, 6.45) is 5.39. The van der Waals surface area contributed by atoms with Gasteiger partial charge in [-0.25, -0.2) is 0 Å². The molecular formula is C23H21N3O2. The van der Waals surface area contributed by atoms with Crippen molar-refractivity contribution in [2.45, 2.75) is 20.5 Å². The van der Waals surface area contributed by atoms with Gasteiger partial charge in [-0.1, -0.05) is 12.1 Å². The van der Waals surface area contributed by atoms with Crippen LogP contribution in [0.25, 0.3) is 10.9 Å². The van der Waals surface area contributed by atoms with Gasteiger partial charge in [0.1, 0.15) is 12.4 Å². The topological polar surface area (TPSA) is 67.0 Å². The number of pyridine rings is 1. The number of fused-ring (bicyclic) bond motifs is 1. The number of nitrogens with one attached hydrogen (secondary N) is 2. The van der Waals surface area contributed by atoms with Gasteiger partial charge >= 0.3 is 0 Å². The number of hydrogen-bond donors (Lipinski definition) is 2. The first-order valence-corrected chi connectivity index (χ1v) is 9.12. The van der Waals surface area contributed by atoms with Gasteiger partial charge in [0.15, 0.2) is 0 Å². The van der Waals surface area contributed by atoms with Crippen LogP contribution in [0.1, 0.15) is 27.0 Å². The maximum atomic E-state index is 12.8. The summed E-state index contributed by atoms with van der Waals surface area (Å²) in [6.45, 7) is 4.35. The summed E-state index contributed by atoms with van der Waals surface area (Å²) in [4.78, 5) is 20.1. The number of aryl methyl sites for hydroxylation is 2. The van der Waals surface area contributed by atoms with Gasteiger partial charge in [-0.05, 0) is 61.4 Å². The highest BCUT2D eigenvalue weighted by atomic mass is 16.5. The van der Waals surface area contributed by atoms with E-state index in [1.54, 1.807) is 12.4 Å². The number of H-pyrrole nitrogens is 1. The first-order valence-electron chi connectivity index (χ1n) is 9.12. The Morgan fingerprint density at radius 2 is 1.93 bits per heavy atom. The Bertz CT molecular complexity index is 1110. The summed E-state index contributed by atoms with van der Waals surface area (Å²) in [5, 5.41) is 4.00. The number of benzene rings is 2. The van der Waals surface area contributed by atoms with E-state index in [1.807, 2.05) is 68.6 Å². The number of hydrogen-bond acceptors (Lipinski definition) is 3. The van der Waals surface area contributed by atoms with Crippen molar-refractivity contribution in [3.05, 3.63) is 89.4 Å². The van der Waals surface area contributed by atoms with Crippen molar-refractivity contribution in [3.63, 3.8) is 0 Å². The van der Waals surface area contributed by atoms with Crippen LogP contribution in [0.3, 0.4) is 0 Å². The van der Waals surface area contributed by atoms with Gasteiger partial charge in [-0.3, -0.25) is 9.78 Å². The zero-order valence-electron chi connectivity index (χ0n) is 15.8. The SMILES string of the molecule is Cc1cc(C(=O)Nc2cccc3[nH]ccc23)cc(C)c1OCc1cccnc1. The third-order valence-corrected chi connectivity index (χ3v) is 4.67. The molecule has 5 heteroatoms. The van der Waals surface area contributed by atoms with Gasteiger partial charge in [-0.2, -0.15) is 0 Å². The molecule has 0 spiro atoms. The fourth-order valence-corrected chi connectivity index (χ4v) is 3.34. The predicted molar refractivity (Wildman–Crippen MR) is 111 cm³/mol. The van der Waals surface area contributed by atoms with Crippen LogP contribution >= 0.6 is 0 Å². The van der Waals surface area contributed by atoms with E-state index in [0.29, 0.717) is 12.2 Å². The second kappa shape index (κ2) is 7.56. The fraction of sp³-hybridized carbons (Fsp3) is 0.130. The number of nitrogens with zero attached hydrogens (tertiary/aromatic N) is 1. The van der Waals surface area contributed by atoms with Gasteiger partial charge in [0.25, 0.3) is 5.91 Å². The number of anilines is 1. The molecule has 0 saturated heterocycles. The molecule has 0 aliphatic carbocycles. The van der Waals surface area contributed by atoms with E-state index < -0.39 is 0 Å². The number of carbonyl (C=O) groups is 1. The zero-order chi connectivity index (χ0) is 19.5. The Labute approximate surface area is 163 Å². The molecule has 28 heavy (non-hydrogen) atoms. The molecule has 5 nitrogen and oxygen atoms in total. The van der Waals surface area contributed by atoms with Crippen LogP contribution in [0.15, 0.2) is 67.1 Å². The van der Waals surface area contributed by atoms with E-state index in [2.05, 4.69) is 15.3 Å². The second-order valence-corrected chi connectivity index (χ2v) is 6.79. The van der Waals surface area contributed by atoms with Crippen LogP contribution in [0.5, 0.6) is 5.75 Å². The van der Waals surface area contributed by atoms with Gasteiger partial charge < -0.3 is 15.0 Å². The maximum absolute atomic E-state index is 12.8. The number of carbonyl (C=O) groups excluding carboxylic acids is 1.